The zero-order valence-corrected chi connectivity index (χ0v) is 9.23. The van der Waals surface area contributed by atoms with Crippen molar-refractivity contribution < 1.29 is 10.2 Å². The first-order valence-corrected chi connectivity index (χ1v) is 5.08. The molecule has 1 aromatic carbocycles. The van der Waals surface area contributed by atoms with Gasteiger partial charge in [-0.05, 0) is 46.9 Å². The minimum atomic E-state index is -0.695. The highest BCUT2D eigenvalue weighted by atomic mass is 127. The highest BCUT2D eigenvalue weighted by Gasteiger charge is 2.00. The van der Waals surface area contributed by atoms with E-state index in [0.29, 0.717) is 6.54 Å². The molecule has 0 fully saturated rings. The van der Waals surface area contributed by atoms with Crippen molar-refractivity contribution in [3.05, 3.63) is 27.8 Å². The van der Waals surface area contributed by atoms with E-state index in [2.05, 4.69) is 27.9 Å². The molecule has 0 spiro atoms. The molecule has 0 amide bonds. The van der Waals surface area contributed by atoms with Crippen molar-refractivity contribution in [2.24, 2.45) is 0 Å². The van der Waals surface area contributed by atoms with Crippen LogP contribution < -0.4 is 5.32 Å². The first kappa shape index (κ1) is 10.7. The Morgan fingerprint density at radius 2 is 1.92 bits per heavy atom. The highest BCUT2D eigenvalue weighted by molar-refractivity contribution is 14.1. The van der Waals surface area contributed by atoms with Crippen LogP contribution in [0.4, 0.5) is 5.69 Å². The molecule has 0 aliphatic heterocycles. The summed E-state index contributed by atoms with van der Waals surface area (Å²) >= 11 is 2.23. The van der Waals surface area contributed by atoms with Gasteiger partial charge in [0.05, 0.1) is 12.7 Å². The van der Waals surface area contributed by atoms with Gasteiger partial charge in [0.25, 0.3) is 0 Å². The summed E-state index contributed by atoms with van der Waals surface area (Å²) in [5, 5.41) is 20.6. The molecule has 1 aromatic rings. The summed E-state index contributed by atoms with van der Waals surface area (Å²) in [4.78, 5) is 0. The van der Waals surface area contributed by atoms with E-state index >= 15 is 0 Å². The summed E-state index contributed by atoms with van der Waals surface area (Å²) < 4.78 is 1.17. The smallest absolute Gasteiger partial charge is 0.0942 e. The van der Waals surface area contributed by atoms with Gasteiger partial charge in [-0.3, -0.25) is 0 Å². The molecule has 72 valence electrons. The van der Waals surface area contributed by atoms with E-state index in [1.54, 1.807) is 0 Å². The van der Waals surface area contributed by atoms with Crippen LogP contribution in [0.15, 0.2) is 24.3 Å². The first-order chi connectivity index (χ1) is 6.22. The Labute approximate surface area is 90.9 Å². The molecule has 13 heavy (non-hydrogen) atoms. The minimum Gasteiger partial charge on any atom is -0.394 e. The average molecular weight is 293 g/mol. The fourth-order valence-corrected chi connectivity index (χ4v) is 1.23. The third-order valence-corrected chi connectivity index (χ3v) is 2.32. The SMILES string of the molecule is OC[C@@H](O)CNc1ccc(I)cc1. The first-order valence-electron chi connectivity index (χ1n) is 4.00. The summed E-state index contributed by atoms with van der Waals surface area (Å²) in [6.07, 6.45) is -0.695. The van der Waals surface area contributed by atoms with Gasteiger partial charge in [0.2, 0.25) is 0 Å². The number of halogens is 1. The fraction of sp³-hybridized carbons (Fsp3) is 0.333. The van der Waals surface area contributed by atoms with Gasteiger partial charge in [-0.1, -0.05) is 0 Å². The van der Waals surface area contributed by atoms with E-state index in [0.717, 1.165) is 5.69 Å². The Hall–Kier alpha value is -0.330. The lowest BCUT2D eigenvalue weighted by atomic mass is 10.3. The third kappa shape index (κ3) is 3.93. The number of anilines is 1. The van der Waals surface area contributed by atoms with Crippen LogP contribution in [0.1, 0.15) is 0 Å². The number of aliphatic hydroxyl groups excluding tert-OH is 2. The summed E-state index contributed by atoms with van der Waals surface area (Å²) in [6, 6.07) is 7.83. The normalized spacial score (nSPS) is 12.5. The number of nitrogens with one attached hydrogen (secondary N) is 1. The van der Waals surface area contributed by atoms with Crippen LogP contribution in [-0.4, -0.2) is 29.5 Å². The summed E-state index contributed by atoms with van der Waals surface area (Å²) in [7, 11) is 0. The Morgan fingerprint density at radius 1 is 1.31 bits per heavy atom. The molecule has 0 aliphatic carbocycles. The zero-order chi connectivity index (χ0) is 9.68. The van der Waals surface area contributed by atoms with Crippen LogP contribution in [0.2, 0.25) is 0 Å². The maximum atomic E-state index is 9.06. The average Bonchev–Trinajstić information content (AvgIpc) is 2.16. The summed E-state index contributed by atoms with van der Waals surface area (Å²) in [5.41, 5.74) is 0.952. The van der Waals surface area contributed by atoms with Crippen molar-refractivity contribution in [1.82, 2.24) is 0 Å². The fourth-order valence-electron chi connectivity index (χ4n) is 0.868. The molecule has 0 bridgehead atoms. The predicted molar refractivity (Wildman–Crippen MR) is 60.7 cm³/mol. The molecule has 4 heteroatoms. The Morgan fingerprint density at radius 3 is 2.46 bits per heavy atom. The van der Waals surface area contributed by atoms with E-state index in [4.69, 9.17) is 10.2 Å². The lowest BCUT2D eigenvalue weighted by molar-refractivity contribution is 0.105. The van der Waals surface area contributed by atoms with Gasteiger partial charge in [-0.15, -0.1) is 0 Å². The minimum absolute atomic E-state index is 0.211. The standard InChI is InChI=1S/C9H12INO2/c10-7-1-3-8(4-2-7)11-5-9(13)6-12/h1-4,9,11-13H,5-6H2/t9-/m0/s1. The van der Waals surface area contributed by atoms with Gasteiger partial charge in [0.1, 0.15) is 0 Å². The van der Waals surface area contributed by atoms with Crippen LogP contribution in [0.3, 0.4) is 0 Å². The molecule has 1 rings (SSSR count). The van der Waals surface area contributed by atoms with Gasteiger partial charge in [-0.25, -0.2) is 0 Å². The Kier molecular flexibility index (Phi) is 4.47. The van der Waals surface area contributed by atoms with Crippen LogP contribution in [0.5, 0.6) is 0 Å². The second kappa shape index (κ2) is 5.41. The van der Waals surface area contributed by atoms with Crippen molar-refractivity contribution in [3.63, 3.8) is 0 Å². The predicted octanol–water partition coefficient (Wildman–Crippen LogP) is 1.06. The lowest BCUT2D eigenvalue weighted by Gasteiger charge is -2.09. The summed E-state index contributed by atoms with van der Waals surface area (Å²) in [6.45, 7) is 0.161. The number of benzene rings is 1. The number of rotatable bonds is 4. The maximum absolute atomic E-state index is 9.06. The molecule has 0 saturated carbocycles. The summed E-state index contributed by atoms with van der Waals surface area (Å²) in [5.74, 6) is 0. The van der Waals surface area contributed by atoms with Crippen LogP contribution in [0, 0.1) is 3.57 Å². The van der Waals surface area contributed by atoms with Gasteiger partial charge in [0.15, 0.2) is 0 Å². The van der Waals surface area contributed by atoms with Crippen LogP contribution in [0.25, 0.3) is 0 Å². The molecule has 0 radical (unpaired) electrons. The van der Waals surface area contributed by atoms with E-state index in [-0.39, 0.29) is 6.61 Å². The molecule has 3 N–H and O–H groups in total. The van der Waals surface area contributed by atoms with Crippen LogP contribution in [-0.2, 0) is 0 Å². The molecule has 1 atom stereocenters. The van der Waals surface area contributed by atoms with E-state index in [1.165, 1.54) is 3.57 Å². The maximum Gasteiger partial charge on any atom is 0.0942 e. The second-order valence-electron chi connectivity index (χ2n) is 2.72. The van der Waals surface area contributed by atoms with Crippen molar-refractivity contribution in [3.8, 4) is 0 Å². The highest BCUT2D eigenvalue weighted by Crippen LogP contribution is 2.10. The van der Waals surface area contributed by atoms with Crippen molar-refractivity contribution in [2.45, 2.75) is 6.10 Å². The van der Waals surface area contributed by atoms with Gasteiger partial charge < -0.3 is 15.5 Å². The molecule has 3 nitrogen and oxygen atoms in total. The Balaban J connectivity index is 2.41. The number of hydrogen-bond acceptors (Lipinski definition) is 3. The van der Waals surface area contributed by atoms with Crippen molar-refractivity contribution >= 4 is 28.3 Å². The lowest BCUT2D eigenvalue weighted by Crippen LogP contribution is -2.22. The molecule has 0 aromatic heterocycles. The molecule has 0 heterocycles. The largest absolute Gasteiger partial charge is 0.394 e. The number of hydrogen-bond donors (Lipinski definition) is 3. The zero-order valence-electron chi connectivity index (χ0n) is 7.07. The topological polar surface area (TPSA) is 52.5 Å². The molecular formula is C9H12INO2. The van der Waals surface area contributed by atoms with Crippen molar-refractivity contribution in [1.29, 1.82) is 0 Å². The molecule has 0 saturated heterocycles. The van der Waals surface area contributed by atoms with E-state index in [1.807, 2.05) is 24.3 Å². The molecule has 0 unspecified atom stereocenters. The van der Waals surface area contributed by atoms with Gasteiger partial charge >= 0.3 is 0 Å². The Bertz CT molecular complexity index is 250. The monoisotopic (exact) mass is 293 g/mol. The quantitative estimate of drug-likeness (QED) is 0.728. The molecule has 0 aliphatic rings. The van der Waals surface area contributed by atoms with E-state index < -0.39 is 6.10 Å². The van der Waals surface area contributed by atoms with Crippen molar-refractivity contribution in [2.75, 3.05) is 18.5 Å². The van der Waals surface area contributed by atoms with Crippen LogP contribution >= 0.6 is 22.6 Å². The second-order valence-corrected chi connectivity index (χ2v) is 3.97. The molecular weight excluding hydrogens is 281 g/mol. The number of aliphatic hydroxyl groups is 2. The van der Waals surface area contributed by atoms with E-state index in [9.17, 15) is 0 Å². The third-order valence-electron chi connectivity index (χ3n) is 1.60. The van der Waals surface area contributed by atoms with Gasteiger partial charge in [-0.2, -0.15) is 0 Å². The van der Waals surface area contributed by atoms with Gasteiger partial charge in [0, 0.05) is 15.8 Å².